The van der Waals surface area contributed by atoms with E-state index in [1.807, 2.05) is 0 Å². The minimum Gasteiger partial charge on any atom is -0.480 e. The molecule has 0 saturated heterocycles. The molecule has 0 heterocycles. The highest BCUT2D eigenvalue weighted by atomic mass is 35.5. The van der Waals surface area contributed by atoms with Crippen molar-refractivity contribution in [2.75, 3.05) is 0 Å². The zero-order valence-electron chi connectivity index (χ0n) is 16.7. The van der Waals surface area contributed by atoms with Gasteiger partial charge in [-0.25, -0.2) is 4.79 Å². The lowest BCUT2D eigenvalue weighted by Gasteiger charge is -2.20. The van der Waals surface area contributed by atoms with Gasteiger partial charge in [0.25, 0.3) is 0 Å². The van der Waals surface area contributed by atoms with E-state index >= 15 is 0 Å². The Kier molecular flexibility index (Phi) is 9.74. The molecule has 30 heavy (non-hydrogen) atoms. The van der Waals surface area contributed by atoms with E-state index in [0.29, 0.717) is 15.6 Å². The maximum absolute atomic E-state index is 12.1. The van der Waals surface area contributed by atoms with Crippen LogP contribution >= 0.6 is 23.2 Å². The topological polar surface area (TPSA) is 148 Å². The first kappa shape index (κ1) is 25.4. The zero-order chi connectivity index (χ0) is 23.0. The molecule has 2 atom stereocenters. The number of carbonyl (C=O) groups is 4. The fourth-order valence-electron chi connectivity index (χ4n) is 2.45. The molecular weight excluding hydrogens is 435 g/mol. The summed E-state index contributed by atoms with van der Waals surface area (Å²) in [5.74, 6) is -4.80. The SMILES string of the molecule is CC(C)[C@H](NC(=O)[C@H](C)CC(=O)NC(=N)NC(=O)Cc1c(Cl)cccc1Cl)C(=O)O. The molecule has 0 spiro atoms. The van der Waals surface area contributed by atoms with Crippen molar-refractivity contribution in [3.63, 3.8) is 0 Å². The quantitative estimate of drug-likeness (QED) is 0.298. The number of hydrogen-bond acceptors (Lipinski definition) is 5. The van der Waals surface area contributed by atoms with Crippen LogP contribution in [-0.4, -0.2) is 40.8 Å². The van der Waals surface area contributed by atoms with Crippen molar-refractivity contribution in [2.45, 2.75) is 39.7 Å². The third-order valence-electron chi connectivity index (χ3n) is 4.10. The number of hydrogen-bond donors (Lipinski definition) is 5. The maximum Gasteiger partial charge on any atom is 0.326 e. The van der Waals surface area contributed by atoms with Crippen molar-refractivity contribution < 1.29 is 24.3 Å². The number of rotatable bonds is 8. The number of aliphatic carboxylic acids is 1. The van der Waals surface area contributed by atoms with Crippen LogP contribution in [0.2, 0.25) is 10.0 Å². The monoisotopic (exact) mass is 458 g/mol. The van der Waals surface area contributed by atoms with Crippen LogP contribution in [0.25, 0.3) is 0 Å². The van der Waals surface area contributed by atoms with E-state index in [0.717, 1.165) is 0 Å². The van der Waals surface area contributed by atoms with Gasteiger partial charge in [-0.1, -0.05) is 50.0 Å². The van der Waals surface area contributed by atoms with Crippen molar-refractivity contribution in [1.82, 2.24) is 16.0 Å². The van der Waals surface area contributed by atoms with Gasteiger partial charge in [-0.05, 0) is 23.6 Å². The number of amides is 3. The Morgan fingerprint density at radius 2 is 1.57 bits per heavy atom. The molecule has 0 radical (unpaired) electrons. The smallest absolute Gasteiger partial charge is 0.326 e. The highest BCUT2D eigenvalue weighted by Crippen LogP contribution is 2.24. The first-order chi connectivity index (χ1) is 13.9. The summed E-state index contributed by atoms with van der Waals surface area (Å²) in [6.07, 6.45) is -0.494. The van der Waals surface area contributed by atoms with Crippen LogP contribution < -0.4 is 16.0 Å². The zero-order valence-corrected chi connectivity index (χ0v) is 18.2. The highest BCUT2D eigenvalue weighted by Gasteiger charge is 2.26. The number of carbonyl (C=O) groups excluding carboxylic acids is 3. The molecule has 0 aromatic heterocycles. The van der Waals surface area contributed by atoms with E-state index in [-0.39, 0.29) is 18.8 Å². The third kappa shape index (κ3) is 8.00. The summed E-state index contributed by atoms with van der Waals surface area (Å²) >= 11 is 12.0. The predicted octanol–water partition coefficient (Wildman–Crippen LogP) is 1.95. The molecule has 1 aromatic rings. The molecule has 11 heteroatoms. The molecule has 0 aliphatic rings. The van der Waals surface area contributed by atoms with Crippen molar-refractivity contribution in [3.8, 4) is 0 Å². The molecule has 0 aliphatic carbocycles. The van der Waals surface area contributed by atoms with Crippen LogP contribution in [0.15, 0.2) is 18.2 Å². The second-order valence-corrected chi connectivity index (χ2v) is 7.84. The van der Waals surface area contributed by atoms with Gasteiger partial charge in [0.2, 0.25) is 23.7 Å². The maximum atomic E-state index is 12.1. The molecule has 0 fully saturated rings. The fraction of sp³-hybridized carbons (Fsp3) is 0.421. The van der Waals surface area contributed by atoms with Gasteiger partial charge in [-0.2, -0.15) is 0 Å². The lowest BCUT2D eigenvalue weighted by Crippen LogP contribution is -2.48. The number of carboxylic acids is 1. The molecule has 9 nitrogen and oxygen atoms in total. The standard InChI is InChI=1S/C19H24Cl2N4O5/c1-9(2)16(18(29)30)25-17(28)10(3)7-14(26)23-19(22)24-15(27)8-11-12(20)5-4-6-13(11)21/h4-6,9-10,16H,7-8H2,1-3H3,(H,25,28)(H,29,30)(H3,22,23,24,26,27)/t10-,16+/m1/s1. The molecule has 0 aliphatic heterocycles. The summed E-state index contributed by atoms with van der Waals surface area (Å²) < 4.78 is 0. The Labute approximate surface area is 184 Å². The number of halogens is 2. The number of benzene rings is 1. The molecule has 164 valence electrons. The van der Waals surface area contributed by atoms with Crippen molar-refractivity contribution in [1.29, 1.82) is 5.41 Å². The second kappa shape index (κ2) is 11.5. The Balaban J connectivity index is 2.53. The first-order valence-electron chi connectivity index (χ1n) is 9.06. The van der Waals surface area contributed by atoms with Crippen LogP contribution in [0.4, 0.5) is 0 Å². The normalized spacial score (nSPS) is 12.6. The molecule has 5 N–H and O–H groups in total. The van der Waals surface area contributed by atoms with E-state index in [2.05, 4.69) is 16.0 Å². The highest BCUT2D eigenvalue weighted by molar-refractivity contribution is 6.36. The van der Waals surface area contributed by atoms with E-state index in [4.69, 9.17) is 33.7 Å². The second-order valence-electron chi connectivity index (χ2n) is 7.02. The lowest BCUT2D eigenvalue weighted by atomic mass is 10.0. The van der Waals surface area contributed by atoms with E-state index in [1.54, 1.807) is 32.0 Å². The fourth-order valence-corrected chi connectivity index (χ4v) is 2.98. The van der Waals surface area contributed by atoms with Crippen LogP contribution in [0.5, 0.6) is 0 Å². The lowest BCUT2D eigenvalue weighted by molar-refractivity contribution is -0.143. The van der Waals surface area contributed by atoms with Gasteiger partial charge in [0.05, 0.1) is 6.42 Å². The minimum atomic E-state index is -1.17. The Morgan fingerprint density at radius 1 is 1.03 bits per heavy atom. The minimum absolute atomic E-state index is 0.193. The average Bonchev–Trinajstić information content (AvgIpc) is 2.61. The predicted molar refractivity (Wildman–Crippen MR) is 112 cm³/mol. The summed E-state index contributed by atoms with van der Waals surface area (Å²) in [7, 11) is 0. The summed E-state index contributed by atoms with van der Waals surface area (Å²) in [6.45, 7) is 4.75. The average molecular weight is 459 g/mol. The summed E-state index contributed by atoms with van der Waals surface area (Å²) in [5.41, 5.74) is 0.390. The Hall–Kier alpha value is -2.65. The van der Waals surface area contributed by atoms with Gasteiger partial charge >= 0.3 is 5.97 Å². The van der Waals surface area contributed by atoms with E-state index in [9.17, 15) is 19.2 Å². The van der Waals surface area contributed by atoms with Crippen LogP contribution in [-0.2, 0) is 25.6 Å². The number of carboxylic acid groups (broad SMARTS) is 1. The molecule has 1 aromatic carbocycles. The summed E-state index contributed by atoms with van der Waals surface area (Å²) in [6, 6.07) is 3.70. The van der Waals surface area contributed by atoms with Crippen molar-refractivity contribution in [3.05, 3.63) is 33.8 Å². The molecular formula is C19H24Cl2N4O5. The molecule has 0 unspecified atom stereocenters. The van der Waals surface area contributed by atoms with E-state index in [1.165, 1.54) is 6.92 Å². The van der Waals surface area contributed by atoms with Crippen LogP contribution in [0.1, 0.15) is 32.8 Å². The molecule has 0 bridgehead atoms. The van der Waals surface area contributed by atoms with Gasteiger partial charge < -0.3 is 10.4 Å². The largest absolute Gasteiger partial charge is 0.480 e. The van der Waals surface area contributed by atoms with Gasteiger partial charge in [0.1, 0.15) is 6.04 Å². The van der Waals surface area contributed by atoms with Crippen molar-refractivity contribution >= 4 is 52.9 Å². The Morgan fingerprint density at radius 3 is 2.07 bits per heavy atom. The van der Waals surface area contributed by atoms with Crippen LogP contribution in [0.3, 0.4) is 0 Å². The Bertz CT molecular complexity index is 824. The third-order valence-corrected chi connectivity index (χ3v) is 4.81. The summed E-state index contributed by atoms with van der Waals surface area (Å²) in [4.78, 5) is 47.4. The summed E-state index contributed by atoms with van der Waals surface area (Å²) in [5, 5.41) is 24.1. The van der Waals surface area contributed by atoms with Crippen LogP contribution in [0, 0.1) is 17.2 Å². The van der Waals surface area contributed by atoms with E-state index < -0.39 is 41.6 Å². The number of guanidine groups is 1. The first-order valence-corrected chi connectivity index (χ1v) is 9.82. The van der Waals surface area contributed by atoms with Crippen molar-refractivity contribution in [2.24, 2.45) is 11.8 Å². The van der Waals surface area contributed by atoms with Gasteiger partial charge in [0.15, 0.2) is 0 Å². The molecule has 3 amide bonds. The molecule has 0 saturated carbocycles. The number of nitrogens with one attached hydrogen (secondary N) is 4. The van der Waals surface area contributed by atoms with Gasteiger partial charge in [-0.15, -0.1) is 0 Å². The van der Waals surface area contributed by atoms with Gasteiger partial charge in [0, 0.05) is 22.4 Å². The van der Waals surface area contributed by atoms with Gasteiger partial charge in [-0.3, -0.25) is 30.4 Å². The molecule has 1 rings (SSSR count).